The lowest BCUT2D eigenvalue weighted by molar-refractivity contribution is -0.150. The molecular weight excluding hydrogens is 358 g/mol. The first-order valence-electron chi connectivity index (χ1n) is 10.8. The summed E-state index contributed by atoms with van der Waals surface area (Å²) in [4.78, 5) is 16.2. The van der Waals surface area contributed by atoms with Crippen molar-refractivity contribution in [2.45, 2.75) is 59.0 Å². The van der Waals surface area contributed by atoms with Crippen LogP contribution in [0.2, 0.25) is 0 Å². The van der Waals surface area contributed by atoms with Crippen molar-refractivity contribution in [3.8, 4) is 0 Å². The van der Waals surface area contributed by atoms with Gasteiger partial charge >= 0.3 is 5.97 Å². The zero-order valence-corrected chi connectivity index (χ0v) is 17.7. The molecule has 0 saturated carbocycles. The number of hydrogen-bond donors (Lipinski definition) is 1. The van der Waals surface area contributed by atoms with E-state index in [9.17, 15) is 4.79 Å². The van der Waals surface area contributed by atoms with Crippen molar-refractivity contribution in [1.82, 2.24) is 4.98 Å². The van der Waals surface area contributed by atoms with Crippen LogP contribution in [-0.4, -0.2) is 11.0 Å². The Morgan fingerprint density at radius 3 is 2.62 bits per heavy atom. The molecule has 3 heteroatoms. The number of ether oxygens (including phenoxy) is 1. The Balaban J connectivity index is 1.35. The number of nitrogens with one attached hydrogen (secondary N) is 1. The van der Waals surface area contributed by atoms with E-state index in [2.05, 4.69) is 68.2 Å². The monoisotopic (exact) mass is 389 g/mol. The third kappa shape index (κ3) is 4.39. The summed E-state index contributed by atoms with van der Waals surface area (Å²) in [5, 5.41) is 1.24. The largest absolute Gasteiger partial charge is 0.461 e. The Morgan fingerprint density at radius 1 is 1.10 bits per heavy atom. The first-order valence-corrected chi connectivity index (χ1v) is 10.8. The topological polar surface area (TPSA) is 42.1 Å². The number of aromatic amines is 1. The molecular formula is C26H31NO2. The number of H-pyrrole nitrogens is 1. The Hall–Kier alpha value is -2.55. The summed E-state index contributed by atoms with van der Waals surface area (Å²) in [5.74, 6) is 1.13. The Kier molecular flexibility index (Phi) is 5.75. The highest BCUT2D eigenvalue weighted by Gasteiger charge is 2.28. The maximum absolute atomic E-state index is 12.7. The van der Waals surface area contributed by atoms with E-state index in [1.54, 1.807) is 0 Å². The minimum absolute atomic E-state index is 0.0490. The fourth-order valence-corrected chi connectivity index (χ4v) is 4.63. The molecule has 1 aliphatic carbocycles. The van der Waals surface area contributed by atoms with Crippen LogP contribution in [-0.2, 0) is 29.0 Å². The van der Waals surface area contributed by atoms with Gasteiger partial charge in [-0.1, -0.05) is 63.2 Å². The van der Waals surface area contributed by atoms with Crippen LogP contribution < -0.4 is 0 Å². The number of esters is 1. The molecule has 3 aromatic rings. The number of fused-ring (bicyclic) bond motifs is 3. The van der Waals surface area contributed by atoms with Gasteiger partial charge in [-0.15, -0.1) is 0 Å². The smallest absolute Gasteiger partial charge is 0.309 e. The van der Waals surface area contributed by atoms with E-state index in [0.717, 1.165) is 24.8 Å². The van der Waals surface area contributed by atoms with Crippen LogP contribution >= 0.6 is 0 Å². The van der Waals surface area contributed by atoms with Gasteiger partial charge in [0.1, 0.15) is 6.61 Å². The van der Waals surface area contributed by atoms with Gasteiger partial charge in [-0.25, -0.2) is 0 Å². The number of aryl methyl sites for hydroxylation is 1. The van der Waals surface area contributed by atoms with Crippen molar-refractivity contribution in [3.05, 3.63) is 70.9 Å². The van der Waals surface area contributed by atoms with Crippen LogP contribution in [0.1, 0.15) is 61.9 Å². The van der Waals surface area contributed by atoms with Crippen LogP contribution in [0, 0.1) is 11.8 Å². The normalized spacial score (nSPS) is 17.3. The van der Waals surface area contributed by atoms with E-state index in [-0.39, 0.29) is 11.9 Å². The molecule has 2 aromatic carbocycles. The molecule has 0 saturated heterocycles. The molecule has 29 heavy (non-hydrogen) atoms. The summed E-state index contributed by atoms with van der Waals surface area (Å²) in [6, 6.07) is 16.9. The zero-order chi connectivity index (χ0) is 20.4. The molecule has 0 fully saturated rings. The van der Waals surface area contributed by atoms with E-state index in [1.165, 1.54) is 34.1 Å². The molecule has 4 rings (SSSR count). The minimum atomic E-state index is -0.0711. The van der Waals surface area contributed by atoms with Crippen LogP contribution in [0.25, 0.3) is 10.9 Å². The predicted octanol–water partition coefficient (Wildman–Crippen LogP) is 6.17. The summed E-state index contributed by atoms with van der Waals surface area (Å²) in [6.45, 7) is 7.15. The molecule has 2 atom stereocenters. The standard InChI is InChI=1S/C26H31NO2/c1-17(2)14-18(3)20-10-8-19(9-11-20)16-29-26(28)21-12-13-25-23(15-21)22-6-4-5-7-24(22)27-25/h4-11,17-18,21,27H,12-16H2,1-3H3. The van der Waals surface area contributed by atoms with Crippen molar-refractivity contribution >= 4 is 16.9 Å². The van der Waals surface area contributed by atoms with E-state index >= 15 is 0 Å². The lowest BCUT2D eigenvalue weighted by Crippen LogP contribution is -2.24. The van der Waals surface area contributed by atoms with Crippen molar-refractivity contribution in [2.75, 3.05) is 0 Å². The molecule has 1 N–H and O–H groups in total. The van der Waals surface area contributed by atoms with Gasteiger partial charge in [-0.2, -0.15) is 0 Å². The number of rotatable bonds is 6. The Morgan fingerprint density at radius 2 is 1.86 bits per heavy atom. The molecule has 152 valence electrons. The van der Waals surface area contributed by atoms with Crippen LogP contribution in [0.5, 0.6) is 0 Å². The molecule has 1 aliphatic rings. The Labute approximate surface area is 173 Å². The second kappa shape index (κ2) is 8.44. The number of hydrogen-bond acceptors (Lipinski definition) is 2. The molecule has 2 unspecified atom stereocenters. The van der Waals surface area contributed by atoms with E-state index in [1.807, 2.05) is 6.07 Å². The van der Waals surface area contributed by atoms with Gasteiger partial charge in [0.05, 0.1) is 5.92 Å². The van der Waals surface area contributed by atoms with Gasteiger partial charge in [0.25, 0.3) is 0 Å². The maximum atomic E-state index is 12.7. The average Bonchev–Trinajstić information content (AvgIpc) is 3.09. The third-order valence-electron chi connectivity index (χ3n) is 6.18. The van der Waals surface area contributed by atoms with Gasteiger partial charge in [-0.3, -0.25) is 4.79 Å². The van der Waals surface area contributed by atoms with Crippen molar-refractivity contribution in [3.63, 3.8) is 0 Å². The third-order valence-corrected chi connectivity index (χ3v) is 6.18. The quantitative estimate of drug-likeness (QED) is 0.513. The van der Waals surface area contributed by atoms with Crippen molar-refractivity contribution in [1.29, 1.82) is 0 Å². The van der Waals surface area contributed by atoms with E-state index < -0.39 is 0 Å². The lowest BCUT2D eigenvalue weighted by Gasteiger charge is -2.21. The molecule has 0 radical (unpaired) electrons. The van der Waals surface area contributed by atoms with E-state index in [4.69, 9.17) is 4.74 Å². The fraction of sp³-hybridized carbons (Fsp3) is 0.423. The maximum Gasteiger partial charge on any atom is 0.309 e. The summed E-state index contributed by atoms with van der Waals surface area (Å²) in [7, 11) is 0. The number of para-hydroxylation sites is 1. The highest BCUT2D eigenvalue weighted by molar-refractivity contribution is 5.86. The first kappa shape index (κ1) is 19.8. The molecule has 0 spiro atoms. The van der Waals surface area contributed by atoms with Crippen molar-refractivity contribution < 1.29 is 9.53 Å². The highest BCUT2D eigenvalue weighted by atomic mass is 16.5. The lowest BCUT2D eigenvalue weighted by atomic mass is 9.86. The number of carbonyl (C=O) groups excluding carboxylic acids is 1. The number of aromatic nitrogens is 1. The Bertz CT molecular complexity index is 984. The van der Waals surface area contributed by atoms with Gasteiger partial charge in [-0.05, 0) is 60.3 Å². The number of carbonyl (C=O) groups is 1. The van der Waals surface area contributed by atoms with Crippen LogP contribution in [0.3, 0.4) is 0 Å². The summed E-state index contributed by atoms with van der Waals surface area (Å²) < 4.78 is 5.69. The first-order chi connectivity index (χ1) is 14.0. The molecule has 0 bridgehead atoms. The SMILES string of the molecule is CC(C)CC(C)c1ccc(COC(=O)C2CCc3[nH]c4ccccc4c3C2)cc1. The van der Waals surface area contributed by atoms with Crippen LogP contribution in [0.15, 0.2) is 48.5 Å². The van der Waals surface area contributed by atoms with Gasteiger partial charge in [0.2, 0.25) is 0 Å². The molecule has 0 amide bonds. The summed E-state index contributed by atoms with van der Waals surface area (Å²) in [6.07, 6.45) is 3.71. The summed E-state index contributed by atoms with van der Waals surface area (Å²) in [5.41, 5.74) is 6.15. The summed E-state index contributed by atoms with van der Waals surface area (Å²) >= 11 is 0. The van der Waals surface area contributed by atoms with Gasteiger partial charge in [0.15, 0.2) is 0 Å². The van der Waals surface area contributed by atoms with E-state index in [0.29, 0.717) is 18.4 Å². The second-order valence-electron chi connectivity index (χ2n) is 8.95. The van der Waals surface area contributed by atoms with Gasteiger partial charge < -0.3 is 9.72 Å². The second-order valence-corrected chi connectivity index (χ2v) is 8.95. The number of benzene rings is 2. The molecule has 3 nitrogen and oxygen atoms in total. The zero-order valence-electron chi connectivity index (χ0n) is 17.7. The molecule has 0 aliphatic heterocycles. The molecule has 1 heterocycles. The average molecular weight is 390 g/mol. The minimum Gasteiger partial charge on any atom is -0.461 e. The van der Waals surface area contributed by atoms with Gasteiger partial charge in [0, 0.05) is 16.6 Å². The highest BCUT2D eigenvalue weighted by Crippen LogP contribution is 2.32. The molecule has 1 aromatic heterocycles. The fourth-order valence-electron chi connectivity index (χ4n) is 4.63. The van der Waals surface area contributed by atoms with Crippen LogP contribution in [0.4, 0.5) is 0 Å². The van der Waals surface area contributed by atoms with Crippen molar-refractivity contribution in [2.24, 2.45) is 11.8 Å². The predicted molar refractivity (Wildman–Crippen MR) is 118 cm³/mol.